The zero-order valence-electron chi connectivity index (χ0n) is 25.0. The SMILES string of the molecule is CCOc1ccc(N(C)CCc2cc(Cl)sc2C(=O)Nc2cc(Cl)cc(C(=O)Oc3ccc(C(C)=O)c(C)c3)c2)cc1OC. The van der Waals surface area contributed by atoms with E-state index in [0.717, 1.165) is 11.3 Å². The molecule has 8 nitrogen and oxygen atoms in total. The maximum atomic E-state index is 13.4. The highest BCUT2D eigenvalue weighted by Crippen LogP contribution is 2.33. The maximum Gasteiger partial charge on any atom is 0.343 e. The van der Waals surface area contributed by atoms with Gasteiger partial charge in [0.25, 0.3) is 5.91 Å². The fourth-order valence-corrected chi connectivity index (χ4v) is 6.02. The molecule has 0 unspecified atom stereocenters. The van der Waals surface area contributed by atoms with Crippen LogP contribution in [-0.4, -0.2) is 45.0 Å². The highest BCUT2D eigenvalue weighted by molar-refractivity contribution is 7.18. The van der Waals surface area contributed by atoms with Crippen molar-refractivity contribution in [3.8, 4) is 17.2 Å². The van der Waals surface area contributed by atoms with Gasteiger partial charge in [0.2, 0.25) is 0 Å². The van der Waals surface area contributed by atoms with Crippen LogP contribution in [0.15, 0.2) is 60.7 Å². The van der Waals surface area contributed by atoms with Crippen molar-refractivity contribution < 1.29 is 28.6 Å². The average molecular weight is 656 g/mol. The van der Waals surface area contributed by atoms with Gasteiger partial charge in [-0.15, -0.1) is 11.3 Å². The van der Waals surface area contributed by atoms with Crippen LogP contribution in [0.25, 0.3) is 0 Å². The molecule has 0 aliphatic rings. The van der Waals surface area contributed by atoms with Crippen LogP contribution in [0.1, 0.15) is 55.4 Å². The number of esters is 1. The normalized spacial score (nSPS) is 10.7. The van der Waals surface area contributed by atoms with Gasteiger partial charge in [-0.05, 0) is 92.9 Å². The molecular formula is C33H32Cl2N2O6S. The molecule has 4 rings (SSSR count). The maximum absolute atomic E-state index is 13.4. The highest BCUT2D eigenvalue weighted by atomic mass is 35.5. The molecule has 1 N–H and O–H groups in total. The van der Waals surface area contributed by atoms with E-state index in [1.54, 1.807) is 44.4 Å². The van der Waals surface area contributed by atoms with E-state index < -0.39 is 5.97 Å². The number of methoxy groups -OCH3 is 1. The Hall–Kier alpha value is -4.05. The molecule has 4 aromatic rings. The summed E-state index contributed by atoms with van der Waals surface area (Å²) in [4.78, 5) is 40.5. The van der Waals surface area contributed by atoms with Crippen LogP contribution in [0, 0.1) is 6.92 Å². The summed E-state index contributed by atoms with van der Waals surface area (Å²) in [7, 11) is 3.55. The van der Waals surface area contributed by atoms with E-state index in [0.29, 0.717) is 57.1 Å². The van der Waals surface area contributed by atoms with Gasteiger partial charge >= 0.3 is 5.97 Å². The molecule has 1 aromatic heterocycles. The molecule has 1 heterocycles. The Labute approximate surface area is 270 Å². The number of rotatable bonds is 12. The number of benzene rings is 3. The Morgan fingerprint density at radius 2 is 1.75 bits per heavy atom. The van der Waals surface area contributed by atoms with Crippen molar-refractivity contribution in [2.75, 3.05) is 37.5 Å². The molecule has 0 saturated carbocycles. The third-order valence-electron chi connectivity index (χ3n) is 6.77. The highest BCUT2D eigenvalue weighted by Gasteiger charge is 2.19. The number of hydrogen-bond acceptors (Lipinski definition) is 8. The third kappa shape index (κ3) is 8.11. The molecule has 0 aliphatic carbocycles. The predicted molar refractivity (Wildman–Crippen MR) is 176 cm³/mol. The lowest BCUT2D eigenvalue weighted by Crippen LogP contribution is -2.21. The van der Waals surface area contributed by atoms with Crippen molar-refractivity contribution in [2.45, 2.75) is 27.2 Å². The number of aryl methyl sites for hydroxylation is 1. The number of thiophene rings is 1. The van der Waals surface area contributed by atoms with Gasteiger partial charge in [0.1, 0.15) is 5.75 Å². The van der Waals surface area contributed by atoms with Gasteiger partial charge in [-0.3, -0.25) is 9.59 Å². The minimum atomic E-state index is -0.660. The number of ketones is 1. The number of nitrogens with one attached hydrogen (secondary N) is 1. The molecule has 0 radical (unpaired) electrons. The van der Waals surface area contributed by atoms with Gasteiger partial charge in [0.05, 0.1) is 28.5 Å². The number of ether oxygens (including phenoxy) is 3. The number of anilines is 2. The Morgan fingerprint density at radius 3 is 2.43 bits per heavy atom. The smallest absolute Gasteiger partial charge is 0.343 e. The van der Waals surface area contributed by atoms with Crippen LogP contribution in [0.2, 0.25) is 9.36 Å². The zero-order valence-corrected chi connectivity index (χ0v) is 27.3. The van der Waals surface area contributed by atoms with Gasteiger partial charge in [-0.25, -0.2) is 4.79 Å². The van der Waals surface area contributed by atoms with Gasteiger partial charge in [-0.1, -0.05) is 23.2 Å². The summed E-state index contributed by atoms with van der Waals surface area (Å²) in [6, 6.07) is 16.8. The Bertz CT molecular complexity index is 1700. The van der Waals surface area contributed by atoms with Gasteiger partial charge in [-0.2, -0.15) is 0 Å². The second kappa shape index (κ2) is 14.6. The van der Waals surface area contributed by atoms with Crippen molar-refractivity contribution in [1.29, 1.82) is 0 Å². The Balaban J connectivity index is 1.45. The summed E-state index contributed by atoms with van der Waals surface area (Å²) in [6.07, 6.45) is 0.549. The molecule has 0 spiro atoms. The fraction of sp³-hybridized carbons (Fsp3) is 0.242. The Morgan fingerprint density at radius 1 is 0.977 bits per heavy atom. The summed E-state index contributed by atoms with van der Waals surface area (Å²) in [5.41, 5.74) is 3.44. The minimum Gasteiger partial charge on any atom is -0.493 e. The van der Waals surface area contributed by atoms with E-state index >= 15 is 0 Å². The summed E-state index contributed by atoms with van der Waals surface area (Å²) in [6.45, 7) is 6.29. The largest absolute Gasteiger partial charge is 0.493 e. The number of hydrogen-bond donors (Lipinski definition) is 1. The monoisotopic (exact) mass is 654 g/mol. The van der Waals surface area contributed by atoms with Crippen molar-refractivity contribution in [2.24, 2.45) is 0 Å². The zero-order chi connectivity index (χ0) is 32.0. The predicted octanol–water partition coefficient (Wildman–Crippen LogP) is 8.12. The molecule has 1 amide bonds. The second-order valence-electron chi connectivity index (χ2n) is 9.95. The summed E-state index contributed by atoms with van der Waals surface area (Å²) < 4.78 is 17.1. The number of nitrogens with zero attached hydrogens (tertiary/aromatic N) is 1. The standard InChI is InChI=1S/C33H32Cl2N2O6S/c1-6-42-28-10-7-25(18-29(28)41-5)37(4)12-11-21-16-30(35)44-31(21)32(39)36-24-15-22(14-23(34)17-24)33(40)43-26-8-9-27(20(3)38)19(2)13-26/h7-10,13-18H,6,11-12H2,1-5H3,(H,36,39). The number of Topliss-reactive ketones (excluding diaryl/α,β-unsaturated/α-hetero) is 1. The van der Waals surface area contributed by atoms with Crippen LogP contribution < -0.4 is 24.4 Å². The van der Waals surface area contributed by atoms with E-state index in [-0.39, 0.29) is 28.0 Å². The molecular weight excluding hydrogens is 623 g/mol. The number of likely N-dealkylation sites (N-methyl/N-ethyl adjacent to an activating group) is 1. The molecule has 230 valence electrons. The number of halogens is 2. The van der Waals surface area contributed by atoms with Crippen LogP contribution in [0.3, 0.4) is 0 Å². The van der Waals surface area contributed by atoms with Crippen molar-refractivity contribution in [3.63, 3.8) is 0 Å². The second-order valence-corrected chi connectivity index (χ2v) is 12.1. The van der Waals surface area contributed by atoms with E-state index in [1.165, 1.54) is 30.4 Å². The van der Waals surface area contributed by atoms with E-state index in [9.17, 15) is 14.4 Å². The first-order valence-electron chi connectivity index (χ1n) is 13.7. The van der Waals surface area contributed by atoms with Gasteiger partial charge in [0, 0.05) is 41.6 Å². The Kier molecular flexibility index (Phi) is 10.9. The van der Waals surface area contributed by atoms with Crippen molar-refractivity contribution >= 4 is 63.6 Å². The third-order valence-corrected chi connectivity index (χ3v) is 8.29. The van der Waals surface area contributed by atoms with E-state index in [2.05, 4.69) is 10.2 Å². The van der Waals surface area contributed by atoms with Crippen LogP contribution in [0.4, 0.5) is 11.4 Å². The molecule has 3 aromatic carbocycles. The molecule has 0 atom stereocenters. The van der Waals surface area contributed by atoms with E-state index in [1.807, 2.05) is 32.2 Å². The molecule has 0 aliphatic heterocycles. The van der Waals surface area contributed by atoms with Gasteiger partial charge in [0.15, 0.2) is 17.3 Å². The lowest BCUT2D eigenvalue weighted by Gasteiger charge is -2.21. The fourth-order valence-electron chi connectivity index (χ4n) is 4.59. The quantitative estimate of drug-likeness (QED) is 0.0936. The molecule has 11 heteroatoms. The first-order chi connectivity index (χ1) is 21.0. The van der Waals surface area contributed by atoms with Crippen LogP contribution in [-0.2, 0) is 6.42 Å². The topological polar surface area (TPSA) is 94.2 Å². The van der Waals surface area contributed by atoms with Crippen LogP contribution in [0.5, 0.6) is 17.2 Å². The van der Waals surface area contributed by atoms with Crippen molar-refractivity contribution in [3.05, 3.63) is 97.2 Å². The number of carbonyl (C=O) groups is 3. The van der Waals surface area contributed by atoms with E-state index in [4.69, 9.17) is 37.4 Å². The number of amides is 1. The first-order valence-corrected chi connectivity index (χ1v) is 15.3. The average Bonchev–Trinajstić information content (AvgIpc) is 3.36. The van der Waals surface area contributed by atoms with Gasteiger partial charge < -0.3 is 24.4 Å². The molecule has 0 bridgehead atoms. The lowest BCUT2D eigenvalue weighted by atomic mass is 10.1. The summed E-state index contributed by atoms with van der Waals surface area (Å²) in [5.74, 6) is 0.485. The molecule has 0 saturated heterocycles. The number of carbonyl (C=O) groups excluding carboxylic acids is 3. The summed E-state index contributed by atoms with van der Waals surface area (Å²) in [5, 5.41) is 3.08. The van der Waals surface area contributed by atoms with Crippen molar-refractivity contribution in [1.82, 2.24) is 0 Å². The first kappa shape index (κ1) is 32.9. The summed E-state index contributed by atoms with van der Waals surface area (Å²) >= 11 is 13.8. The molecule has 44 heavy (non-hydrogen) atoms. The minimum absolute atomic E-state index is 0.0777. The van der Waals surface area contributed by atoms with Crippen LogP contribution >= 0.6 is 34.5 Å². The molecule has 0 fully saturated rings. The lowest BCUT2D eigenvalue weighted by molar-refractivity contribution is 0.0734.